The van der Waals surface area contributed by atoms with Gasteiger partial charge >= 0.3 is 0 Å². The number of nitrogens with zero attached hydrogens (tertiary/aromatic N) is 2. The van der Waals surface area contributed by atoms with Crippen molar-refractivity contribution in [1.29, 1.82) is 0 Å². The van der Waals surface area contributed by atoms with Crippen molar-refractivity contribution in [3.05, 3.63) is 11.6 Å². The van der Waals surface area contributed by atoms with Crippen molar-refractivity contribution < 1.29 is 0 Å². The Labute approximate surface area is 145 Å². The Hall–Kier alpha value is -0.790. The molecule has 0 spiro atoms. The Morgan fingerprint density at radius 1 is 1.13 bits per heavy atom. The zero-order valence-corrected chi connectivity index (χ0v) is 17.1. The van der Waals surface area contributed by atoms with E-state index >= 15 is 0 Å². The topological polar surface area (TPSA) is 15.6 Å². The van der Waals surface area contributed by atoms with Crippen LogP contribution < -0.4 is 0 Å². The van der Waals surface area contributed by atoms with Gasteiger partial charge in [0.05, 0.1) is 11.9 Å². The molecule has 0 radical (unpaired) electrons. The summed E-state index contributed by atoms with van der Waals surface area (Å²) in [6.45, 7) is 18.5. The normalized spacial score (nSPS) is 23.7. The summed E-state index contributed by atoms with van der Waals surface area (Å²) in [6.07, 6.45) is 6.24. The lowest BCUT2D eigenvalue weighted by Gasteiger charge is -2.35. The van der Waals surface area contributed by atoms with Gasteiger partial charge in [0, 0.05) is 13.1 Å². The van der Waals surface area contributed by atoms with Gasteiger partial charge in [-0.05, 0) is 62.4 Å². The van der Waals surface area contributed by atoms with E-state index in [9.17, 15) is 0 Å². The summed E-state index contributed by atoms with van der Waals surface area (Å²) >= 11 is 0. The second-order valence-electron chi connectivity index (χ2n) is 8.48. The third-order valence-corrected chi connectivity index (χ3v) is 5.98. The fraction of sp³-hybridized carbons (Fsp3) is 0.857. The summed E-state index contributed by atoms with van der Waals surface area (Å²) in [7, 11) is 2.21. The summed E-state index contributed by atoms with van der Waals surface area (Å²) in [4.78, 5) is 7.54. The first kappa shape index (κ1) is 20.3. The van der Waals surface area contributed by atoms with Gasteiger partial charge in [-0.15, -0.1) is 0 Å². The van der Waals surface area contributed by atoms with Gasteiger partial charge in [0.25, 0.3) is 0 Å². The minimum atomic E-state index is 0.353. The molecule has 0 saturated heterocycles. The van der Waals surface area contributed by atoms with Crippen LogP contribution in [0, 0.1) is 23.7 Å². The van der Waals surface area contributed by atoms with Crippen molar-refractivity contribution >= 4 is 5.84 Å². The van der Waals surface area contributed by atoms with Gasteiger partial charge < -0.3 is 4.90 Å². The van der Waals surface area contributed by atoms with Crippen LogP contribution in [0.15, 0.2) is 16.6 Å². The molecular weight excluding hydrogens is 280 g/mol. The fourth-order valence-electron chi connectivity index (χ4n) is 3.41. The van der Waals surface area contributed by atoms with Gasteiger partial charge in [-0.2, -0.15) is 0 Å². The molecule has 1 aliphatic carbocycles. The summed E-state index contributed by atoms with van der Waals surface area (Å²) in [5, 5.41) is 0. The Bertz CT molecular complexity index is 420. The third-order valence-electron chi connectivity index (χ3n) is 5.98. The van der Waals surface area contributed by atoms with Gasteiger partial charge in [0.1, 0.15) is 0 Å². The maximum Gasteiger partial charge on any atom is 0.0965 e. The molecular formula is C21H40N2. The highest BCUT2D eigenvalue weighted by Gasteiger charge is 2.24. The Kier molecular flexibility index (Phi) is 7.83. The maximum absolute atomic E-state index is 5.16. The zero-order chi connectivity index (χ0) is 17.7. The van der Waals surface area contributed by atoms with Crippen molar-refractivity contribution in [2.45, 2.75) is 86.7 Å². The molecule has 0 bridgehead atoms. The molecule has 2 heteroatoms. The highest BCUT2D eigenvalue weighted by molar-refractivity contribution is 5.80. The van der Waals surface area contributed by atoms with Crippen molar-refractivity contribution in [1.82, 2.24) is 4.90 Å². The second kappa shape index (κ2) is 8.89. The molecule has 134 valence electrons. The predicted octanol–water partition coefficient (Wildman–Crippen LogP) is 5.79. The van der Waals surface area contributed by atoms with Crippen molar-refractivity contribution in [2.24, 2.45) is 28.7 Å². The van der Waals surface area contributed by atoms with E-state index in [-0.39, 0.29) is 0 Å². The van der Waals surface area contributed by atoms with E-state index in [4.69, 9.17) is 4.99 Å². The number of rotatable bonds is 6. The number of hydrogen-bond acceptors (Lipinski definition) is 1. The first-order chi connectivity index (χ1) is 10.6. The lowest BCUT2D eigenvalue weighted by Crippen LogP contribution is -2.40. The molecule has 0 amide bonds. The molecule has 1 aliphatic rings. The van der Waals surface area contributed by atoms with Crippen LogP contribution in [0.2, 0.25) is 0 Å². The molecule has 0 saturated carbocycles. The van der Waals surface area contributed by atoms with Gasteiger partial charge in [-0.1, -0.05) is 47.6 Å². The van der Waals surface area contributed by atoms with E-state index in [0.29, 0.717) is 29.8 Å². The van der Waals surface area contributed by atoms with E-state index in [1.54, 1.807) is 5.57 Å². The molecule has 0 aromatic heterocycles. The average molecular weight is 321 g/mol. The van der Waals surface area contributed by atoms with Crippen LogP contribution in [0.1, 0.15) is 74.7 Å². The van der Waals surface area contributed by atoms with E-state index in [0.717, 1.165) is 5.92 Å². The molecule has 23 heavy (non-hydrogen) atoms. The van der Waals surface area contributed by atoms with Gasteiger partial charge in [0.2, 0.25) is 0 Å². The summed E-state index contributed by atoms with van der Waals surface area (Å²) in [6, 6.07) is 0.874. The lowest BCUT2D eigenvalue weighted by molar-refractivity contribution is 0.238. The van der Waals surface area contributed by atoms with Crippen molar-refractivity contribution in [3.8, 4) is 0 Å². The number of allylic oxidation sites excluding steroid dienone is 1. The molecule has 1 rings (SSSR count). The molecule has 0 aromatic rings. The van der Waals surface area contributed by atoms with Crippen LogP contribution in [0.5, 0.6) is 0 Å². The highest BCUT2D eigenvalue weighted by Crippen LogP contribution is 2.30. The summed E-state index contributed by atoms with van der Waals surface area (Å²) in [5.74, 6) is 3.95. The van der Waals surface area contributed by atoms with Crippen LogP contribution in [-0.2, 0) is 0 Å². The molecule has 0 aromatic carbocycles. The third kappa shape index (κ3) is 5.65. The Morgan fingerprint density at radius 2 is 1.74 bits per heavy atom. The standard InChI is InChI=1S/C21H40N2/c1-14(2)17(6)18(7)23(9)19(8)22-21(15(3)4)20-12-10-16(5)11-13-20/h12,14-18,21H,10-11,13H2,1-9H3. The number of hydrogen-bond donors (Lipinski definition) is 0. The largest absolute Gasteiger partial charge is 0.361 e. The SMILES string of the molecule is CC(=NC(C1=CCC(C)CC1)C(C)C)N(C)C(C)C(C)C(C)C. The molecule has 4 unspecified atom stereocenters. The smallest absolute Gasteiger partial charge is 0.0965 e. The van der Waals surface area contributed by atoms with Gasteiger partial charge in [-0.3, -0.25) is 4.99 Å². The molecule has 0 aliphatic heterocycles. The predicted molar refractivity (Wildman–Crippen MR) is 104 cm³/mol. The molecule has 4 atom stereocenters. The van der Waals surface area contributed by atoms with Gasteiger partial charge in [0.15, 0.2) is 0 Å². The van der Waals surface area contributed by atoms with E-state index in [1.165, 1.54) is 25.1 Å². The molecule has 0 fully saturated rings. The Balaban J connectivity index is 2.90. The van der Waals surface area contributed by atoms with Crippen LogP contribution in [-0.4, -0.2) is 29.9 Å². The van der Waals surface area contributed by atoms with Crippen LogP contribution in [0.4, 0.5) is 0 Å². The molecule has 0 N–H and O–H groups in total. The maximum atomic E-state index is 5.16. The minimum Gasteiger partial charge on any atom is -0.361 e. The van der Waals surface area contributed by atoms with Crippen molar-refractivity contribution in [2.75, 3.05) is 7.05 Å². The van der Waals surface area contributed by atoms with Crippen LogP contribution >= 0.6 is 0 Å². The molecule has 0 heterocycles. The molecule has 2 nitrogen and oxygen atoms in total. The minimum absolute atomic E-state index is 0.353. The zero-order valence-electron chi connectivity index (χ0n) is 17.1. The van der Waals surface area contributed by atoms with Crippen LogP contribution in [0.3, 0.4) is 0 Å². The van der Waals surface area contributed by atoms with E-state index in [1.807, 2.05) is 0 Å². The highest BCUT2D eigenvalue weighted by atomic mass is 15.2. The first-order valence-corrected chi connectivity index (χ1v) is 9.61. The van der Waals surface area contributed by atoms with Gasteiger partial charge in [-0.25, -0.2) is 0 Å². The summed E-state index contributed by atoms with van der Waals surface area (Å²) < 4.78 is 0. The van der Waals surface area contributed by atoms with Crippen molar-refractivity contribution in [3.63, 3.8) is 0 Å². The monoisotopic (exact) mass is 320 g/mol. The van der Waals surface area contributed by atoms with E-state index in [2.05, 4.69) is 73.4 Å². The second-order valence-corrected chi connectivity index (χ2v) is 8.48. The summed E-state index contributed by atoms with van der Waals surface area (Å²) in [5.41, 5.74) is 1.57. The average Bonchev–Trinajstić information content (AvgIpc) is 2.50. The Morgan fingerprint density at radius 3 is 2.17 bits per heavy atom. The van der Waals surface area contributed by atoms with Crippen LogP contribution in [0.25, 0.3) is 0 Å². The lowest BCUT2D eigenvalue weighted by atomic mass is 9.84. The number of amidine groups is 1. The number of aliphatic imine (C=N–C) groups is 1. The quantitative estimate of drug-likeness (QED) is 0.344. The van der Waals surface area contributed by atoms with E-state index < -0.39 is 0 Å². The first-order valence-electron chi connectivity index (χ1n) is 9.61. The fourth-order valence-corrected chi connectivity index (χ4v) is 3.41.